The van der Waals surface area contributed by atoms with Gasteiger partial charge in [-0.05, 0) is 24.6 Å². The zero-order valence-corrected chi connectivity index (χ0v) is 11.5. The van der Waals surface area contributed by atoms with Crippen LogP contribution in [0.15, 0.2) is 42.6 Å². The first kappa shape index (κ1) is 13.0. The van der Waals surface area contributed by atoms with E-state index in [2.05, 4.69) is 20.3 Å². The summed E-state index contributed by atoms with van der Waals surface area (Å²) < 4.78 is 0. The van der Waals surface area contributed by atoms with E-state index in [4.69, 9.17) is 5.26 Å². The predicted molar refractivity (Wildman–Crippen MR) is 80.6 cm³/mol. The number of aromatic nitrogens is 3. The number of nitrogens with zero attached hydrogens (tertiary/aromatic N) is 4. The summed E-state index contributed by atoms with van der Waals surface area (Å²) in [6, 6.07) is 13.7. The number of rotatable bonds is 3. The van der Waals surface area contributed by atoms with Gasteiger partial charge in [0, 0.05) is 23.8 Å². The SMILES string of the molecule is Cc1cc(C#N)nc(NCc2cccc3cccnc23)n1. The molecule has 102 valence electrons. The largest absolute Gasteiger partial charge is 0.350 e. The highest BCUT2D eigenvalue weighted by Crippen LogP contribution is 2.16. The lowest BCUT2D eigenvalue weighted by Gasteiger charge is -2.08. The van der Waals surface area contributed by atoms with Crippen LogP contribution in [-0.4, -0.2) is 15.0 Å². The number of pyridine rings is 1. The van der Waals surface area contributed by atoms with Crippen LogP contribution in [0.2, 0.25) is 0 Å². The zero-order chi connectivity index (χ0) is 14.7. The molecular weight excluding hydrogens is 262 g/mol. The van der Waals surface area contributed by atoms with Crippen LogP contribution >= 0.6 is 0 Å². The molecule has 0 atom stereocenters. The van der Waals surface area contributed by atoms with E-state index >= 15 is 0 Å². The van der Waals surface area contributed by atoms with Crippen LogP contribution in [0.1, 0.15) is 17.0 Å². The molecule has 1 N–H and O–H groups in total. The number of benzene rings is 1. The van der Waals surface area contributed by atoms with E-state index in [1.54, 1.807) is 12.3 Å². The molecule has 0 bridgehead atoms. The maximum atomic E-state index is 8.94. The van der Waals surface area contributed by atoms with Gasteiger partial charge in [0.05, 0.1) is 5.52 Å². The molecule has 1 aromatic carbocycles. The number of fused-ring (bicyclic) bond motifs is 1. The molecule has 0 saturated heterocycles. The van der Waals surface area contributed by atoms with Crippen molar-refractivity contribution >= 4 is 16.9 Å². The average molecular weight is 275 g/mol. The number of hydrogen-bond donors (Lipinski definition) is 1. The topological polar surface area (TPSA) is 74.5 Å². The zero-order valence-electron chi connectivity index (χ0n) is 11.5. The third-order valence-electron chi connectivity index (χ3n) is 3.12. The first-order valence-electron chi connectivity index (χ1n) is 6.58. The van der Waals surface area contributed by atoms with Gasteiger partial charge in [-0.1, -0.05) is 24.3 Å². The van der Waals surface area contributed by atoms with Gasteiger partial charge >= 0.3 is 0 Å². The Morgan fingerprint density at radius 2 is 2.05 bits per heavy atom. The van der Waals surface area contributed by atoms with Gasteiger partial charge in [0.25, 0.3) is 0 Å². The van der Waals surface area contributed by atoms with Gasteiger partial charge < -0.3 is 5.32 Å². The normalized spacial score (nSPS) is 10.3. The summed E-state index contributed by atoms with van der Waals surface area (Å²) in [5, 5.41) is 13.2. The van der Waals surface area contributed by atoms with Crippen molar-refractivity contribution in [1.82, 2.24) is 15.0 Å². The maximum absolute atomic E-state index is 8.94. The number of anilines is 1. The predicted octanol–water partition coefficient (Wildman–Crippen LogP) is 2.82. The fraction of sp³-hybridized carbons (Fsp3) is 0.125. The van der Waals surface area contributed by atoms with Gasteiger partial charge in [0.2, 0.25) is 5.95 Å². The molecule has 3 aromatic rings. The Morgan fingerprint density at radius 3 is 2.90 bits per heavy atom. The Balaban J connectivity index is 1.87. The number of nitriles is 1. The van der Waals surface area contributed by atoms with Crippen LogP contribution in [0.25, 0.3) is 10.9 Å². The highest BCUT2D eigenvalue weighted by atomic mass is 15.1. The lowest BCUT2D eigenvalue weighted by molar-refractivity contribution is 1.02. The summed E-state index contributed by atoms with van der Waals surface area (Å²) in [6.07, 6.45) is 1.78. The van der Waals surface area contributed by atoms with Crippen molar-refractivity contribution in [2.24, 2.45) is 0 Å². The van der Waals surface area contributed by atoms with E-state index in [-0.39, 0.29) is 0 Å². The molecule has 5 heteroatoms. The third-order valence-corrected chi connectivity index (χ3v) is 3.12. The van der Waals surface area contributed by atoms with Crippen molar-refractivity contribution < 1.29 is 0 Å². The number of para-hydroxylation sites is 1. The summed E-state index contributed by atoms with van der Waals surface area (Å²) in [4.78, 5) is 12.8. The first-order chi connectivity index (χ1) is 10.3. The van der Waals surface area contributed by atoms with Crippen molar-refractivity contribution in [1.29, 1.82) is 5.26 Å². The molecule has 2 heterocycles. The summed E-state index contributed by atoms with van der Waals surface area (Å²) >= 11 is 0. The maximum Gasteiger partial charge on any atom is 0.224 e. The summed E-state index contributed by atoms with van der Waals surface area (Å²) in [5.74, 6) is 0.458. The summed E-state index contributed by atoms with van der Waals surface area (Å²) in [7, 11) is 0. The van der Waals surface area contributed by atoms with Crippen molar-refractivity contribution in [3.05, 3.63) is 59.5 Å². The van der Waals surface area contributed by atoms with Crippen LogP contribution in [0.5, 0.6) is 0 Å². The Kier molecular flexibility index (Phi) is 3.44. The molecule has 0 unspecified atom stereocenters. The smallest absolute Gasteiger partial charge is 0.224 e. The van der Waals surface area contributed by atoms with Gasteiger partial charge in [-0.2, -0.15) is 5.26 Å². The van der Waals surface area contributed by atoms with Crippen molar-refractivity contribution in [2.75, 3.05) is 5.32 Å². The second kappa shape index (κ2) is 5.55. The molecule has 0 radical (unpaired) electrons. The molecule has 0 aliphatic rings. The van der Waals surface area contributed by atoms with E-state index in [0.717, 1.165) is 22.2 Å². The number of aryl methyl sites for hydroxylation is 1. The molecule has 0 amide bonds. The van der Waals surface area contributed by atoms with Gasteiger partial charge in [0.15, 0.2) is 0 Å². The lowest BCUT2D eigenvalue weighted by atomic mass is 10.1. The quantitative estimate of drug-likeness (QED) is 0.795. The molecule has 3 rings (SSSR count). The van der Waals surface area contributed by atoms with Gasteiger partial charge in [-0.3, -0.25) is 4.98 Å². The first-order valence-corrected chi connectivity index (χ1v) is 6.58. The Hall–Kier alpha value is -3.00. The number of nitrogens with one attached hydrogen (secondary N) is 1. The second-order valence-corrected chi connectivity index (χ2v) is 4.68. The van der Waals surface area contributed by atoms with Gasteiger partial charge in [-0.25, -0.2) is 9.97 Å². The minimum absolute atomic E-state index is 0.362. The van der Waals surface area contributed by atoms with E-state index in [1.807, 2.05) is 43.3 Å². The minimum Gasteiger partial charge on any atom is -0.350 e. The van der Waals surface area contributed by atoms with Crippen LogP contribution in [-0.2, 0) is 6.54 Å². The summed E-state index contributed by atoms with van der Waals surface area (Å²) in [6.45, 7) is 2.40. The number of hydrogen-bond acceptors (Lipinski definition) is 5. The van der Waals surface area contributed by atoms with Crippen molar-refractivity contribution in [3.8, 4) is 6.07 Å². The lowest BCUT2D eigenvalue weighted by Crippen LogP contribution is -2.06. The van der Waals surface area contributed by atoms with Crippen LogP contribution in [0, 0.1) is 18.3 Å². The fourth-order valence-corrected chi connectivity index (χ4v) is 2.19. The Labute approximate surface area is 122 Å². The molecular formula is C16H13N5. The van der Waals surface area contributed by atoms with Crippen LogP contribution < -0.4 is 5.32 Å². The Bertz CT molecular complexity index is 830. The van der Waals surface area contributed by atoms with Crippen LogP contribution in [0.4, 0.5) is 5.95 Å². The molecule has 0 fully saturated rings. The van der Waals surface area contributed by atoms with Gasteiger partial charge in [-0.15, -0.1) is 0 Å². The monoisotopic (exact) mass is 275 g/mol. The molecule has 5 nitrogen and oxygen atoms in total. The average Bonchev–Trinajstić information content (AvgIpc) is 2.52. The molecule has 2 aromatic heterocycles. The van der Waals surface area contributed by atoms with E-state index in [1.165, 1.54) is 0 Å². The standard InChI is InChI=1S/C16H13N5/c1-11-8-14(9-17)21-16(20-11)19-10-13-5-2-4-12-6-3-7-18-15(12)13/h2-8H,10H2,1H3,(H,19,20,21). The Morgan fingerprint density at radius 1 is 1.19 bits per heavy atom. The molecule has 0 saturated carbocycles. The summed E-state index contributed by atoms with van der Waals surface area (Å²) in [5.41, 5.74) is 3.15. The van der Waals surface area contributed by atoms with Gasteiger partial charge in [0.1, 0.15) is 11.8 Å². The van der Waals surface area contributed by atoms with E-state index in [9.17, 15) is 0 Å². The van der Waals surface area contributed by atoms with E-state index in [0.29, 0.717) is 18.2 Å². The third kappa shape index (κ3) is 2.79. The van der Waals surface area contributed by atoms with Crippen LogP contribution in [0.3, 0.4) is 0 Å². The molecule has 21 heavy (non-hydrogen) atoms. The highest BCUT2D eigenvalue weighted by molar-refractivity contribution is 5.81. The minimum atomic E-state index is 0.362. The van der Waals surface area contributed by atoms with Crippen molar-refractivity contribution in [2.45, 2.75) is 13.5 Å². The second-order valence-electron chi connectivity index (χ2n) is 4.68. The fourth-order valence-electron chi connectivity index (χ4n) is 2.19. The van der Waals surface area contributed by atoms with E-state index < -0.39 is 0 Å². The molecule has 0 aliphatic heterocycles. The van der Waals surface area contributed by atoms with Crippen molar-refractivity contribution in [3.63, 3.8) is 0 Å². The molecule has 0 spiro atoms. The molecule has 0 aliphatic carbocycles. The highest BCUT2D eigenvalue weighted by Gasteiger charge is 2.04.